The number of hydrogen-bond donors (Lipinski definition) is 4. The maximum absolute atomic E-state index is 14.3. The van der Waals surface area contributed by atoms with Crippen LogP contribution in [0.4, 0.5) is 23.2 Å². The lowest BCUT2D eigenvalue weighted by molar-refractivity contribution is -0.272. The SMILES string of the molecule is CC[C@H]1C[C@@](O)(C(F)(F)F)[C@H](Nc2ccc(F)c3[nH]c(=O)ccc23)c2cc(Cl)c(C)c(O)c21. The van der Waals surface area contributed by atoms with Crippen LogP contribution in [0.15, 0.2) is 35.1 Å². The summed E-state index contributed by atoms with van der Waals surface area (Å²) in [6.45, 7) is 3.23. The van der Waals surface area contributed by atoms with Gasteiger partial charge in [-0.3, -0.25) is 4.79 Å². The molecule has 3 aromatic rings. The standard InChI is InChI=1S/C23H21ClF4N2O3/c1-3-11-9-22(33,23(26,27)28)21(13-8-14(24)10(2)20(32)18(11)13)29-16-6-5-15(25)19-12(16)4-7-17(31)30-19/h4-8,11,21,29,32-33H,3,9H2,1-2H3,(H,30,31)/t11-,21+,22-/m0/s1. The number of aromatic nitrogens is 1. The summed E-state index contributed by atoms with van der Waals surface area (Å²) in [4.78, 5) is 14.0. The van der Waals surface area contributed by atoms with Gasteiger partial charge in [-0.05, 0) is 55.5 Å². The van der Waals surface area contributed by atoms with Gasteiger partial charge in [0.1, 0.15) is 11.6 Å². The van der Waals surface area contributed by atoms with Gasteiger partial charge in [0.05, 0.1) is 11.6 Å². The zero-order valence-electron chi connectivity index (χ0n) is 17.6. The average Bonchev–Trinajstić information content (AvgIpc) is 2.74. The summed E-state index contributed by atoms with van der Waals surface area (Å²) < 4.78 is 57.2. The summed E-state index contributed by atoms with van der Waals surface area (Å²) >= 11 is 6.21. The third-order valence-corrected chi connectivity index (χ3v) is 6.84. The molecular formula is C23H21ClF4N2O3. The van der Waals surface area contributed by atoms with Gasteiger partial charge >= 0.3 is 6.18 Å². The number of phenols is 1. The molecule has 1 aromatic heterocycles. The predicted octanol–water partition coefficient (Wildman–Crippen LogP) is 5.68. The van der Waals surface area contributed by atoms with Crippen LogP contribution in [0.25, 0.3) is 10.9 Å². The number of pyridine rings is 1. The van der Waals surface area contributed by atoms with Gasteiger partial charge in [0.15, 0.2) is 5.60 Å². The maximum atomic E-state index is 14.3. The van der Waals surface area contributed by atoms with Crippen LogP contribution in [0.3, 0.4) is 0 Å². The molecule has 0 amide bonds. The van der Waals surface area contributed by atoms with Gasteiger partial charge in [0, 0.05) is 33.3 Å². The number of benzene rings is 2. The minimum Gasteiger partial charge on any atom is -0.507 e. The number of nitrogens with one attached hydrogen (secondary N) is 2. The molecule has 0 unspecified atom stereocenters. The molecule has 4 N–H and O–H groups in total. The van der Waals surface area contributed by atoms with Crippen molar-refractivity contribution in [2.24, 2.45) is 0 Å². The van der Waals surface area contributed by atoms with Crippen LogP contribution in [-0.4, -0.2) is 27.0 Å². The van der Waals surface area contributed by atoms with Crippen LogP contribution >= 0.6 is 11.6 Å². The molecule has 0 saturated carbocycles. The van der Waals surface area contributed by atoms with Gasteiger partial charge in [-0.1, -0.05) is 18.5 Å². The quantitative estimate of drug-likeness (QED) is 0.360. The molecule has 1 aliphatic carbocycles. The van der Waals surface area contributed by atoms with E-state index in [1.807, 2.05) is 0 Å². The second kappa shape index (κ2) is 7.92. The summed E-state index contributed by atoms with van der Waals surface area (Å²) in [5, 5.41) is 24.7. The van der Waals surface area contributed by atoms with E-state index in [1.165, 1.54) is 18.2 Å². The third-order valence-electron chi connectivity index (χ3n) is 6.44. The summed E-state index contributed by atoms with van der Waals surface area (Å²) in [5.74, 6) is -1.75. The fourth-order valence-electron chi connectivity index (χ4n) is 4.62. The predicted molar refractivity (Wildman–Crippen MR) is 117 cm³/mol. The number of halogens is 5. The summed E-state index contributed by atoms with van der Waals surface area (Å²) in [7, 11) is 0. The lowest BCUT2D eigenvalue weighted by Gasteiger charge is -2.46. The second-order valence-electron chi connectivity index (χ2n) is 8.35. The van der Waals surface area contributed by atoms with E-state index in [4.69, 9.17) is 11.6 Å². The second-order valence-corrected chi connectivity index (χ2v) is 8.76. The fourth-order valence-corrected chi connectivity index (χ4v) is 4.83. The number of aromatic hydroxyl groups is 1. The Labute approximate surface area is 191 Å². The number of anilines is 1. The number of fused-ring (bicyclic) bond motifs is 2. The Bertz CT molecular complexity index is 1310. The first-order chi connectivity index (χ1) is 15.4. The van der Waals surface area contributed by atoms with E-state index < -0.39 is 41.5 Å². The van der Waals surface area contributed by atoms with E-state index in [0.29, 0.717) is 5.56 Å². The Kier molecular flexibility index (Phi) is 5.61. The summed E-state index contributed by atoms with van der Waals surface area (Å²) in [6.07, 6.45) is -5.48. The van der Waals surface area contributed by atoms with Crippen molar-refractivity contribution in [1.29, 1.82) is 0 Å². The molecule has 0 fully saturated rings. The van der Waals surface area contributed by atoms with E-state index in [2.05, 4.69) is 10.3 Å². The van der Waals surface area contributed by atoms with E-state index in [0.717, 1.165) is 12.1 Å². The Balaban J connectivity index is 1.98. The van der Waals surface area contributed by atoms with Crippen molar-refractivity contribution in [1.82, 2.24) is 4.98 Å². The van der Waals surface area contributed by atoms with Crippen molar-refractivity contribution in [3.63, 3.8) is 0 Å². The summed E-state index contributed by atoms with van der Waals surface area (Å²) in [5.41, 5.74) is -3.30. The zero-order chi connectivity index (χ0) is 24.3. The van der Waals surface area contributed by atoms with Crippen LogP contribution in [0, 0.1) is 12.7 Å². The van der Waals surface area contributed by atoms with Crippen LogP contribution in [-0.2, 0) is 0 Å². The molecule has 0 spiro atoms. The highest BCUT2D eigenvalue weighted by atomic mass is 35.5. The van der Waals surface area contributed by atoms with Gasteiger partial charge in [-0.15, -0.1) is 0 Å². The van der Waals surface area contributed by atoms with Gasteiger partial charge in [0.2, 0.25) is 5.56 Å². The molecule has 4 rings (SSSR count). The molecule has 5 nitrogen and oxygen atoms in total. The molecule has 0 saturated heterocycles. The molecule has 3 atom stereocenters. The van der Waals surface area contributed by atoms with Crippen molar-refractivity contribution >= 4 is 28.2 Å². The number of phenolic OH excluding ortho intramolecular Hbond substituents is 1. The van der Waals surface area contributed by atoms with Crippen molar-refractivity contribution < 1.29 is 27.8 Å². The first kappa shape index (κ1) is 23.4. The number of alkyl halides is 3. The lowest BCUT2D eigenvalue weighted by atomic mass is 9.68. The molecule has 0 radical (unpaired) electrons. The highest BCUT2D eigenvalue weighted by Gasteiger charge is 2.62. The van der Waals surface area contributed by atoms with Gasteiger partial charge in [-0.2, -0.15) is 13.2 Å². The topological polar surface area (TPSA) is 85.4 Å². The highest BCUT2D eigenvalue weighted by Crippen LogP contribution is 2.56. The van der Waals surface area contributed by atoms with Gasteiger partial charge < -0.3 is 20.5 Å². The van der Waals surface area contributed by atoms with Crippen molar-refractivity contribution in [2.45, 2.75) is 50.4 Å². The van der Waals surface area contributed by atoms with Crippen molar-refractivity contribution in [2.75, 3.05) is 5.32 Å². The Morgan fingerprint density at radius 3 is 2.61 bits per heavy atom. The average molecular weight is 485 g/mol. The largest absolute Gasteiger partial charge is 0.507 e. The zero-order valence-corrected chi connectivity index (χ0v) is 18.4. The molecule has 1 heterocycles. The molecule has 0 aliphatic heterocycles. The van der Waals surface area contributed by atoms with Crippen molar-refractivity contribution in [3.05, 3.63) is 68.2 Å². The van der Waals surface area contributed by atoms with E-state index >= 15 is 0 Å². The van der Waals surface area contributed by atoms with E-state index in [-0.39, 0.29) is 44.9 Å². The molecule has 1 aliphatic rings. The molecule has 0 bridgehead atoms. The Morgan fingerprint density at radius 2 is 1.97 bits per heavy atom. The number of aliphatic hydroxyl groups is 1. The number of H-pyrrole nitrogens is 1. The van der Waals surface area contributed by atoms with E-state index in [1.54, 1.807) is 13.8 Å². The minimum absolute atomic E-state index is 0.00271. The van der Waals surface area contributed by atoms with Crippen LogP contribution in [0.1, 0.15) is 48.4 Å². The first-order valence-corrected chi connectivity index (χ1v) is 10.7. The third kappa shape index (κ3) is 3.63. The molecule has 10 heteroatoms. The number of hydrogen-bond acceptors (Lipinski definition) is 4. The number of rotatable bonds is 3. The van der Waals surface area contributed by atoms with Crippen LogP contribution < -0.4 is 10.9 Å². The molecule has 2 aromatic carbocycles. The highest BCUT2D eigenvalue weighted by molar-refractivity contribution is 6.31. The fraction of sp³-hybridized carbons (Fsp3) is 0.348. The van der Waals surface area contributed by atoms with Crippen LogP contribution in [0.5, 0.6) is 5.75 Å². The Hall–Kier alpha value is -2.78. The Morgan fingerprint density at radius 1 is 1.27 bits per heavy atom. The van der Waals surface area contributed by atoms with Crippen LogP contribution in [0.2, 0.25) is 5.02 Å². The first-order valence-electron chi connectivity index (χ1n) is 10.3. The van der Waals surface area contributed by atoms with Gasteiger partial charge in [-0.25, -0.2) is 4.39 Å². The monoisotopic (exact) mass is 484 g/mol. The summed E-state index contributed by atoms with van der Waals surface area (Å²) in [6, 6.07) is 4.19. The van der Waals surface area contributed by atoms with Gasteiger partial charge in [0.25, 0.3) is 0 Å². The molecule has 33 heavy (non-hydrogen) atoms. The lowest BCUT2D eigenvalue weighted by Crippen LogP contribution is -2.55. The minimum atomic E-state index is -5.03. The maximum Gasteiger partial charge on any atom is 0.419 e. The molecular weight excluding hydrogens is 464 g/mol. The van der Waals surface area contributed by atoms with E-state index in [9.17, 15) is 32.6 Å². The molecule has 176 valence electrons. The number of aromatic amines is 1. The normalized spacial score (nSPS) is 22.9. The smallest absolute Gasteiger partial charge is 0.419 e. The van der Waals surface area contributed by atoms with Crippen molar-refractivity contribution in [3.8, 4) is 5.75 Å².